The molecule has 1 saturated heterocycles. The van der Waals surface area contributed by atoms with E-state index in [1.807, 2.05) is 0 Å². The van der Waals surface area contributed by atoms with Crippen molar-refractivity contribution in [2.75, 3.05) is 37.6 Å². The topological polar surface area (TPSA) is 6.48 Å². The Morgan fingerprint density at radius 1 is 0.913 bits per heavy atom. The molecule has 0 amide bonds. The molecule has 1 aromatic carbocycles. The number of hydrogen-bond donors (Lipinski definition) is 0. The highest BCUT2D eigenvalue weighted by Crippen LogP contribution is 2.17. The van der Waals surface area contributed by atoms with Crippen LogP contribution >= 0.6 is 0 Å². The van der Waals surface area contributed by atoms with Crippen molar-refractivity contribution in [1.82, 2.24) is 4.90 Å². The zero-order chi connectivity index (χ0) is 16.5. The normalized spacial score (nSPS) is 15.7. The number of piperazine rings is 1. The van der Waals surface area contributed by atoms with Crippen LogP contribution in [0.3, 0.4) is 0 Å². The minimum absolute atomic E-state index is 1.17. The van der Waals surface area contributed by atoms with Gasteiger partial charge in [0.15, 0.2) is 0 Å². The minimum Gasteiger partial charge on any atom is -0.369 e. The molecule has 0 spiro atoms. The van der Waals surface area contributed by atoms with Gasteiger partial charge in [-0.05, 0) is 58.7 Å². The van der Waals surface area contributed by atoms with E-state index in [-0.39, 0.29) is 0 Å². The molecule has 0 unspecified atom stereocenters. The Kier molecular flexibility index (Phi) is 7.67. The van der Waals surface area contributed by atoms with Gasteiger partial charge in [-0.2, -0.15) is 0 Å². The summed E-state index contributed by atoms with van der Waals surface area (Å²) in [4.78, 5) is 5.16. The molecule has 1 aromatic rings. The standard InChI is InChI=1S/C21H34N2/c1-19(2)9-7-5-4-6-8-14-22-15-17-23(18-16-22)21-12-10-20(3)11-13-21/h9-13H,4-8,14-18H2,1-3H3. The Hall–Kier alpha value is -1.28. The fourth-order valence-corrected chi connectivity index (χ4v) is 3.21. The predicted octanol–water partition coefficient (Wildman–Crippen LogP) is 5.03. The summed E-state index contributed by atoms with van der Waals surface area (Å²) in [5.41, 5.74) is 4.18. The average molecular weight is 315 g/mol. The highest BCUT2D eigenvalue weighted by molar-refractivity contribution is 5.47. The van der Waals surface area contributed by atoms with Gasteiger partial charge in [-0.25, -0.2) is 0 Å². The molecular formula is C21H34N2. The molecule has 1 fully saturated rings. The Morgan fingerprint density at radius 3 is 2.22 bits per heavy atom. The molecule has 0 aromatic heterocycles. The number of unbranched alkanes of at least 4 members (excludes halogenated alkanes) is 4. The number of benzene rings is 1. The van der Waals surface area contributed by atoms with Crippen LogP contribution in [-0.2, 0) is 0 Å². The molecule has 0 saturated carbocycles. The third kappa shape index (κ3) is 6.78. The summed E-state index contributed by atoms with van der Waals surface area (Å²) in [5, 5.41) is 0. The second-order valence-corrected chi connectivity index (χ2v) is 7.15. The lowest BCUT2D eigenvalue weighted by Crippen LogP contribution is -2.46. The van der Waals surface area contributed by atoms with Crippen molar-refractivity contribution in [3.63, 3.8) is 0 Å². The van der Waals surface area contributed by atoms with Crippen LogP contribution in [0.15, 0.2) is 35.9 Å². The van der Waals surface area contributed by atoms with Crippen LogP contribution in [0.4, 0.5) is 5.69 Å². The third-order valence-corrected chi connectivity index (χ3v) is 4.75. The Balaban J connectivity index is 1.56. The highest BCUT2D eigenvalue weighted by Gasteiger charge is 2.16. The quantitative estimate of drug-likeness (QED) is 0.490. The van der Waals surface area contributed by atoms with Gasteiger partial charge in [-0.1, -0.05) is 42.2 Å². The first-order chi connectivity index (χ1) is 11.1. The number of aryl methyl sites for hydroxylation is 1. The lowest BCUT2D eigenvalue weighted by atomic mass is 10.1. The van der Waals surface area contributed by atoms with E-state index >= 15 is 0 Å². The van der Waals surface area contributed by atoms with Crippen molar-refractivity contribution >= 4 is 5.69 Å². The lowest BCUT2D eigenvalue weighted by Gasteiger charge is -2.36. The summed E-state index contributed by atoms with van der Waals surface area (Å²) in [6.45, 7) is 12.6. The van der Waals surface area contributed by atoms with Crippen LogP contribution in [0.2, 0.25) is 0 Å². The molecule has 1 aliphatic heterocycles. The zero-order valence-electron chi connectivity index (χ0n) is 15.4. The smallest absolute Gasteiger partial charge is 0.0367 e. The molecule has 128 valence electrons. The largest absolute Gasteiger partial charge is 0.369 e. The van der Waals surface area contributed by atoms with Crippen LogP contribution in [0.25, 0.3) is 0 Å². The molecule has 0 N–H and O–H groups in total. The second kappa shape index (κ2) is 9.77. The molecular weight excluding hydrogens is 280 g/mol. The molecule has 2 nitrogen and oxygen atoms in total. The fraction of sp³-hybridized carbons (Fsp3) is 0.619. The third-order valence-electron chi connectivity index (χ3n) is 4.75. The summed E-state index contributed by atoms with van der Waals surface area (Å²) < 4.78 is 0. The summed E-state index contributed by atoms with van der Waals surface area (Å²) >= 11 is 0. The van der Waals surface area contributed by atoms with Gasteiger partial charge in [0.2, 0.25) is 0 Å². The SMILES string of the molecule is CC(C)=CCCCCCCN1CCN(c2ccc(C)cc2)CC1. The van der Waals surface area contributed by atoms with Gasteiger partial charge in [-0.15, -0.1) is 0 Å². The van der Waals surface area contributed by atoms with Crippen LogP contribution in [0.5, 0.6) is 0 Å². The number of rotatable bonds is 8. The van der Waals surface area contributed by atoms with E-state index in [1.165, 1.54) is 81.7 Å². The van der Waals surface area contributed by atoms with Gasteiger partial charge in [0.25, 0.3) is 0 Å². The molecule has 0 aliphatic carbocycles. The maximum Gasteiger partial charge on any atom is 0.0367 e. The summed E-state index contributed by atoms with van der Waals surface area (Å²) in [6.07, 6.45) is 9.11. The monoisotopic (exact) mass is 314 g/mol. The number of anilines is 1. The van der Waals surface area contributed by atoms with Crippen LogP contribution in [-0.4, -0.2) is 37.6 Å². The minimum atomic E-state index is 1.17. The van der Waals surface area contributed by atoms with E-state index in [0.29, 0.717) is 0 Å². The van der Waals surface area contributed by atoms with Gasteiger partial charge in [0.05, 0.1) is 0 Å². The fourth-order valence-electron chi connectivity index (χ4n) is 3.21. The molecule has 2 heteroatoms. The number of nitrogens with zero attached hydrogens (tertiary/aromatic N) is 2. The van der Waals surface area contributed by atoms with Gasteiger partial charge >= 0.3 is 0 Å². The Bertz CT molecular complexity index is 463. The van der Waals surface area contributed by atoms with Crippen molar-refractivity contribution in [3.8, 4) is 0 Å². The maximum absolute atomic E-state index is 2.64. The first-order valence-corrected chi connectivity index (χ1v) is 9.32. The summed E-state index contributed by atoms with van der Waals surface area (Å²) in [7, 11) is 0. The van der Waals surface area contributed by atoms with E-state index < -0.39 is 0 Å². The zero-order valence-corrected chi connectivity index (χ0v) is 15.4. The number of hydrogen-bond acceptors (Lipinski definition) is 2. The first-order valence-electron chi connectivity index (χ1n) is 9.32. The van der Waals surface area contributed by atoms with E-state index in [0.717, 1.165) is 0 Å². The summed E-state index contributed by atoms with van der Waals surface area (Å²) in [6, 6.07) is 8.96. The van der Waals surface area contributed by atoms with Crippen molar-refractivity contribution < 1.29 is 0 Å². The van der Waals surface area contributed by atoms with Crippen molar-refractivity contribution in [1.29, 1.82) is 0 Å². The van der Waals surface area contributed by atoms with Crippen molar-refractivity contribution in [3.05, 3.63) is 41.5 Å². The molecule has 1 heterocycles. The summed E-state index contributed by atoms with van der Waals surface area (Å²) in [5.74, 6) is 0. The van der Waals surface area contributed by atoms with Gasteiger partial charge in [0.1, 0.15) is 0 Å². The van der Waals surface area contributed by atoms with E-state index in [2.05, 4.69) is 60.9 Å². The second-order valence-electron chi connectivity index (χ2n) is 7.15. The van der Waals surface area contributed by atoms with E-state index in [4.69, 9.17) is 0 Å². The molecule has 0 bridgehead atoms. The van der Waals surface area contributed by atoms with Crippen LogP contribution in [0, 0.1) is 6.92 Å². The Labute approximate surface area is 143 Å². The van der Waals surface area contributed by atoms with Gasteiger partial charge in [-0.3, -0.25) is 4.90 Å². The maximum atomic E-state index is 2.64. The van der Waals surface area contributed by atoms with E-state index in [1.54, 1.807) is 0 Å². The van der Waals surface area contributed by atoms with Gasteiger partial charge in [0, 0.05) is 31.9 Å². The highest BCUT2D eigenvalue weighted by atomic mass is 15.3. The average Bonchev–Trinajstić information content (AvgIpc) is 2.55. The van der Waals surface area contributed by atoms with Gasteiger partial charge < -0.3 is 4.90 Å². The number of allylic oxidation sites excluding steroid dienone is 2. The lowest BCUT2D eigenvalue weighted by molar-refractivity contribution is 0.252. The van der Waals surface area contributed by atoms with E-state index in [9.17, 15) is 0 Å². The molecule has 1 aliphatic rings. The molecule has 0 radical (unpaired) electrons. The predicted molar refractivity (Wildman–Crippen MR) is 102 cm³/mol. The first kappa shape index (κ1) is 18.1. The molecule has 23 heavy (non-hydrogen) atoms. The molecule has 0 atom stereocenters. The van der Waals surface area contributed by atoms with Crippen LogP contribution < -0.4 is 4.90 Å². The van der Waals surface area contributed by atoms with Crippen molar-refractivity contribution in [2.24, 2.45) is 0 Å². The molecule has 2 rings (SSSR count). The Morgan fingerprint density at radius 2 is 1.57 bits per heavy atom. The van der Waals surface area contributed by atoms with Crippen LogP contribution in [0.1, 0.15) is 51.5 Å². The van der Waals surface area contributed by atoms with Crippen molar-refractivity contribution in [2.45, 2.75) is 52.9 Å².